The fraction of sp³-hybridized carbons (Fsp3) is 0.263. The lowest BCUT2D eigenvalue weighted by Gasteiger charge is -2.14. The van der Waals surface area contributed by atoms with Gasteiger partial charge in [-0.1, -0.05) is 30.0 Å². The monoisotopic (exact) mass is 381 g/mol. The van der Waals surface area contributed by atoms with Crippen LogP contribution in [-0.2, 0) is 4.74 Å². The zero-order valence-electron chi connectivity index (χ0n) is 14.9. The summed E-state index contributed by atoms with van der Waals surface area (Å²) in [5.74, 6) is 1.46. The summed E-state index contributed by atoms with van der Waals surface area (Å²) in [5.41, 5.74) is 3.07. The molecule has 138 valence electrons. The molecule has 4 rings (SSSR count). The number of carbonyl (C=O) groups is 1. The number of hydrogen-bond donors (Lipinski definition) is 0. The van der Waals surface area contributed by atoms with Gasteiger partial charge in [0.05, 0.1) is 12.2 Å². The van der Waals surface area contributed by atoms with E-state index in [9.17, 15) is 4.79 Å². The van der Waals surface area contributed by atoms with Crippen molar-refractivity contribution >= 4 is 17.9 Å². The molecule has 1 aliphatic heterocycles. The summed E-state index contributed by atoms with van der Waals surface area (Å²) in [6.07, 6.45) is 3.28. The van der Waals surface area contributed by atoms with Crippen molar-refractivity contribution in [1.82, 2.24) is 24.6 Å². The first kappa shape index (κ1) is 17.5. The number of rotatable bonds is 6. The van der Waals surface area contributed by atoms with Gasteiger partial charge < -0.3 is 9.64 Å². The van der Waals surface area contributed by atoms with Gasteiger partial charge in [-0.3, -0.25) is 9.55 Å². The van der Waals surface area contributed by atoms with Crippen molar-refractivity contribution < 1.29 is 9.53 Å². The average Bonchev–Trinajstić information content (AvgIpc) is 3.29. The summed E-state index contributed by atoms with van der Waals surface area (Å²) in [5, 5.41) is 9.61. The van der Waals surface area contributed by atoms with Crippen LogP contribution in [-0.4, -0.2) is 56.2 Å². The Morgan fingerprint density at radius 3 is 2.81 bits per heavy atom. The van der Waals surface area contributed by atoms with E-state index in [1.165, 1.54) is 0 Å². The number of ether oxygens (including phenoxy) is 1. The number of thioether (sulfide) groups is 1. The smallest absolute Gasteiger partial charge is 0.409 e. The molecular weight excluding hydrogens is 362 g/mol. The van der Waals surface area contributed by atoms with E-state index in [2.05, 4.69) is 38.8 Å². The Morgan fingerprint density at radius 1 is 1.19 bits per heavy atom. The van der Waals surface area contributed by atoms with Gasteiger partial charge in [0.15, 0.2) is 11.0 Å². The van der Waals surface area contributed by atoms with Gasteiger partial charge in [-0.05, 0) is 30.7 Å². The maximum atomic E-state index is 11.6. The van der Waals surface area contributed by atoms with Crippen molar-refractivity contribution in [3.63, 3.8) is 0 Å². The lowest BCUT2D eigenvalue weighted by molar-refractivity contribution is 0.160. The molecule has 0 saturated carbocycles. The Hall–Kier alpha value is -2.87. The number of aromatic nitrogens is 4. The molecule has 1 aliphatic rings. The highest BCUT2D eigenvalue weighted by molar-refractivity contribution is 7.99. The van der Waals surface area contributed by atoms with Crippen LogP contribution >= 0.6 is 11.8 Å². The largest absolute Gasteiger partial charge is 0.448 e. The van der Waals surface area contributed by atoms with Gasteiger partial charge in [-0.15, -0.1) is 10.2 Å². The zero-order valence-corrected chi connectivity index (χ0v) is 15.7. The van der Waals surface area contributed by atoms with Crippen LogP contribution in [0, 0.1) is 6.92 Å². The van der Waals surface area contributed by atoms with Gasteiger partial charge in [0, 0.05) is 30.3 Å². The molecule has 1 saturated heterocycles. The quantitative estimate of drug-likeness (QED) is 0.611. The highest BCUT2D eigenvalue weighted by atomic mass is 32.2. The van der Waals surface area contributed by atoms with Crippen molar-refractivity contribution in [2.24, 2.45) is 0 Å². The second kappa shape index (κ2) is 7.79. The molecule has 8 heteroatoms. The van der Waals surface area contributed by atoms with Crippen LogP contribution in [0.4, 0.5) is 4.79 Å². The molecule has 27 heavy (non-hydrogen) atoms. The fourth-order valence-electron chi connectivity index (χ4n) is 2.95. The van der Waals surface area contributed by atoms with Crippen molar-refractivity contribution in [2.75, 3.05) is 25.4 Å². The molecule has 2 aromatic heterocycles. The Bertz CT molecular complexity index is 944. The Kier molecular flexibility index (Phi) is 5.06. The first-order valence-corrected chi connectivity index (χ1v) is 9.69. The molecule has 1 amide bonds. The number of para-hydroxylation sites is 1. The Morgan fingerprint density at radius 2 is 2.07 bits per heavy atom. The number of carbonyl (C=O) groups excluding carboxylic acids is 1. The predicted molar refractivity (Wildman–Crippen MR) is 103 cm³/mol. The second-order valence-corrected chi connectivity index (χ2v) is 7.18. The average molecular weight is 381 g/mol. The van der Waals surface area contributed by atoms with Gasteiger partial charge in [0.2, 0.25) is 0 Å². The molecular formula is C19H19N5O2S. The lowest BCUT2D eigenvalue weighted by Crippen LogP contribution is -2.26. The topological polar surface area (TPSA) is 73.1 Å². The number of pyridine rings is 1. The van der Waals surface area contributed by atoms with Crippen molar-refractivity contribution in [3.8, 4) is 17.1 Å². The van der Waals surface area contributed by atoms with Gasteiger partial charge in [0.25, 0.3) is 0 Å². The number of nitrogens with zero attached hydrogens (tertiary/aromatic N) is 5. The van der Waals surface area contributed by atoms with E-state index in [0.717, 1.165) is 27.8 Å². The number of aryl methyl sites for hydroxylation is 1. The number of benzene rings is 1. The van der Waals surface area contributed by atoms with E-state index in [1.807, 2.05) is 24.3 Å². The molecule has 1 fully saturated rings. The van der Waals surface area contributed by atoms with Crippen LogP contribution in [0.2, 0.25) is 0 Å². The summed E-state index contributed by atoms with van der Waals surface area (Å²) < 4.78 is 7.03. The normalized spacial score (nSPS) is 13.8. The van der Waals surface area contributed by atoms with Crippen molar-refractivity contribution in [3.05, 3.63) is 54.4 Å². The zero-order chi connectivity index (χ0) is 18.6. The fourth-order valence-corrected chi connectivity index (χ4v) is 3.86. The Balaban J connectivity index is 1.64. The SMILES string of the molecule is Cc1ccccc1-n1c(SCCN2CCOC2=O)nnc1-c1cccnc1. The molecule has 3 aromatic rings. The molecule has 1 aromatic carbocycles. The summed E-state index contributed by atoms with van der Waals surface area (Å²) in [6, 6.07) is 12.0. The van der Waals surface area contributed by atoms with Gasteiger partial charge in [-0.25, -0.2) is 4.79 Å². The van der Waals surface area contributed by atoms with Crippen molar-refractivity contribution in [2.45, 2.75) is 12.1 Å². The van der Waals surface area contributed by atoms with E-state index >= 15 is 0 Å². The highest BCUT2D eigenvalue weighted by Gasteiger charge is 2.22. The van der Waals surface area contributed by atoms with Gasteiger partial charge >= 0.3 is 6.09 Å². The first-order valence-electron chi connectivity index (χ1n) is 8.70. The van der Waals surface area contributed by atoms with E-state index in [0.29, 0.717) is 25.4 Å². The molecule has 0 aliphatic carbocycles. The summed E-state index contributed by atoms with van der Waals surface area (Å²) in [7, 11) is 0. The molecule has 0 unspecified atom stereocenters. The number of amides is 1. The van der Waals surface area contributed by atoms with Crippen LogP contribution in [0.1, 0.15) is 5.56 Å². The standard InChI is InChI=1S/C19H19N5O2S/c1-14-5-2-3-7-16(14)24-17(15-6-4-8-20-13-15)21-22-18(24)27-12-10-23-9-11-26-19(23)25/h2-8,13H,9-12H2,1H3. The van der Waals surface area contributed by atoms with Crippen molar-refractivity contribution in [1.29, 1.82) is 0 Å². The maximum Gasteiger partial charge on any atom is 0.409 e. The highest BCUT2D eigenvalue weighted by Crippen LogP contribution is 2.29. The molecule has 7 nitrogen and oxygen atoms in total. The number of hydrogen-bond acceptors (Lipinski definition) is 6. The van der Waals surface area contributed by atoms with Gasteiger partial charge in [0.1, 0.15) is 6.61 Å². The predicted octanol–water partition coefficient (Wildman–Crippen LogP) is 3.18. The summed E-state index contributed by atoms with van der Waals surface area (Å²) in [6.45, 7) is 3.79. The minimum Gasteiger partial charge on any atom is -0.448 e. The molecule has 0 spiro atoms. The van der Waals surface area contributed by atoms with Crippen LogP contribution in [0.15, 0.2) is 53.9 Å². The third-order valence-corrected chi connectivity index (χ3v) is 5.26. The second-order valence-electron chi connectivity index (χ2n) is 6.12. The van der Waals surface area contributed by atoms with Crippen LogP contribution in [0.3, 0.4) is 0 Å². The van der Waals surface area contributed by atoms with E-state index in [1.54, 1.807) is 29.1 Å². The lowest BCUT2D eigenvalue weighted by atomic mass is 10.2. The molecule has 0 radical (unpaired) electrons. The minimum absolute atomic E-state index is 0.244. The summed E-state index contributed by atoms with van der Waals surface area (Å²) >= 11 is 1.57. The van der Waals surface area contributed by atoms with E-state index in [4.69, 9.17) is 4.74 Å². The van der Waals surface area contributed by atoms with Crippen LogP contribution < -0.4 is 0 Å². The van der Waals surface area contributed by atoms with Crippen LogP contribution in [0.25, 0.3) is 17.1 Å². The number of cyclic esters (lactones) is 1. The Labute approximate surface area is 161 Å². The maximum absolute atomic E-state index is 11.6. The molecule has 0 atom stereocenters. The first-order chi connectivity index (χ1) is 13.2. The van der Waals surface area contributed by atoms with Crippen LogP contribution in [0.5, 0.6) is 0 Å². The third-order valence-electron chi connectivity index (χ3n) is 4.35. The van der Waals surface area contributed by atoms with E-state index in [-0.39, 0.29) is 6.09 Å². The van der Waals surface area contributed by atoms with Gasteiger partial charge in [-0.2, -0.15) is 0 Å². The van der Waals surface area contributed by atoms with E-state index < -0.39 is 0 Å². The minimum atomic E-state index is -0.244. The molecule has 0 bridgehead atoms. The molecule has 0 N–H and O–H groups in total. The molecule has 3 heterocycles. The summed E-state index contributed by atoms with van der Waals surface area (Å²) in [4.78, 5) is 17.5. The third kappa shape index (κ3) is 3.66.